The van der Waals surface area contributed by atoms with E-state index in [4.69, 9.17) is 11.6 Å². The first-order chi connectivity index (χ1) is 9.92. The molecule has 0 spiro atoms. The Balaban J connectivity index is 2.24. The zero-order valence-corrected chi connectivity index (χ0v) is 13.0. The average Bonchev–Trinajstić information content (AvgIpc) is 2.46. The third kappa shape index (κ3) is 4.03. The van der Waals surface area contributed by atoms with Gasteiger partial charge in [-0.05, 0) is 48.4 Å². The molecule has 0 saturated carbocycles. The number of halogens is 2. The zero-order chi connectivity index (χ0) is 15.5. The van der Waals surface area contributed by atoms with Gasteiger partial charge in [0.1, 0.15) is 5.82 Å². The lowest BCUT2D eigenvalue weighted by Gasteiger charge is -2.17. The molecule has 0 amide bonds. The average molecular weight is 328 g/mol. The highest BCUT2D eigenvalue weighted by molar-refractivity contribution is 7.89. The lowest BCUT2D eigenvalue weighted by molar-refractivity contribution is 0.549. The van der Waals surface area contributed by atoms with E-state index < -0.39 is 16.1 Å². The summed E-state index contributed by atoms with van der Waals surface area (Å²) in [6, 6.07) is 11.3. The molecule has 2 aromatic rings. The molecule has 0 heterocycles. The minimum atomic E-state index is -3.65. The van der Waals surface area contributed by atoms with Gasteiger partial charge in [-0.1, -0.05) is 30.7 Å². The van der Waals surface area contributed by atoms with Crippen molar-refractivity contribution in [2.24, 2.45) is 0 Å². The number of hydrogen-bond acceptors (Lipinski definition) is 2. The molecule has 1 N–H and O–H groups in total. The van der Waals surface area contributed by atoms with Crippen LogP contribution in [0, 0.1) is 5.82 Å². The molecule has 0 aromatic heterocycles. The maximum absolute atomic E-state index is 12.9. The second-order valence-electron chi connectivity index (χ2n) is 4.59. The molecule has 0 fully saturated rings. The molecule has 0 aliphatic carbocycles. The van der Waals surface area contributed by atoms with Crippen LogP contribution in [-0.2, 0) is 10.0 Å². The number of sulfonamides is 1. The predicted octanol–water partition coefficient (Wildman–Crippen LogP) is 3.91. The van der Waals surface area contributed by atoms with Crippen LogP contribution in [0.25, 0.3) is 0 Å². The largest absolute Gasteiger partial charge is 0.241 e. The minimum absolute atomic E-state index is 0.146. The minimum Gasteiger partial charge on any atom is -0.207 e. The molecule has 0 aliphatic rings. The fraction of sp³-hybridized carbons (Fsp3) is 0.200. The number of nitrogens with one attached hydrogen (secondary N) is 1. The summed E-state index contributed by atoms with van der Waals surface area (Å²) < 4.78 is 40.2. The van der Waals surface area contributed by atoms with Crippen molar-refractivity contribution in [3.63, 3.8) is 0 Å². The van der Waals surface area contributed by atoms with Crippen LogP contribution in [0.15, 0.2) is 53.4 Å². The topological polar surface area (TPSA) is 46.2 Å². The summed E-state index contributed by atoms with van der Waals surface area (Å²) in [5.74, 6) is -0.353. The Morgan fingerprint density at radius 3 is 2.19 bits per heavy atom. The van der Waals surface area contributed by atoms with Crippen molar-refractivity contribution in [1.82, 2.24) is 4.72 Å². The molecule has 1 atom stereocenters. The van der Waals surface area contributed by atoms with Crippen LogP contribution in [-0.4, -0.2) is 8.42 Å². The van der Waals surface area contributed by atoms with E-state index in [0.29, 0.717) is 11.4 Å². The van der Waals surface area contributed by atoms with E-state index in [1.807, 2.05) is 6.92 Å². The van der Waals surface area contributed by atoms with E-state index >= 15 is 0 Å². The summed E-state index contributed by atoms with van der Waals surface area (Å²) >= 11 is 5.75. The van der Waals surface area contributed by atoms with Crippen molar-refractivity contribution in [2.45, 2.75) is 24.3 Å². The summed E-state index contributed by atoms with van der Waals surface area (Å²) in [6.45, 7) is 1.86. The van der Waals surface area contributed by atoms with E-state index in [-0.39, 0.29) is 10.7 Å². The predicted molar refractivity (Wildman–Crippen MR) is 81.2 cm³/mol. The van der Waals surface area contributed by atoms with Crippen LogP contribution >= 0.6 is 11.6 Å². The van der Waals surface area contributed by atoms with Crippen molar-refractivity contribution >= 4 is 21.6 Å². The number of rotatable bonds is 5. The summed E-state index contributed by atoms with van der Waals surface area (Å²) in [5, 5.41) is 0.472. The third-order valence-corrected chi connectivity index (χ3v) is 4.84. The van der Waals surface area contributed by atoms with Crippen LogP contribution in [0.4, 0.5) is 4.39 Å². The highest BCUT2D eigenvalue weighted by Gasteiger charge is 2.20. The molecular weight excluding hydrogens is 313 g/mol. The molecular formula is C15H15ClFNO2S. The monoisotopic (exact) mass is 327 g/mol. The van der Waals surface area contributed by atoms with Crippen molar-refractivity contribution in [3.8, 4) is 0 Å². The number of benzene rings is 2. The Morgan fingerprint density at radius 1 is 1.10 bits per heavy atom. The first kappa shape index (κ1) is 15.9. The van der Waals surface area contributed by atoms with Gasteiger partial charge in [0, 0.05) is 11.1 Å². The van der Waals surface area contributed by atoms with Crippen molar-refractivity contribution in [3.05, 3.63) is 64.9 Å². The maximum atomic E-state index is 12.9. The highest BCUT2D eigenvalue weighted by Crippen LogP contribution is 2.21. The normalized spacial score (nSPS) is 13.1. The van der Waals surface area contributed by atoms with Gasteiger partial charge in [0.25, 0.3) is 0 Å². The molecule has 112 valence electrons. The zero-order valence-electron chi connectivity index (χ0n) is 11.4. The number of hydrogen-bond donors (Lipinski definition) is 1. The first-order valence-electron chi connectivity index (χ1n) is 6.45. The van der Waals surface area contributed by atoms with Crippen LogP contribution in [0.2, 0.25) is 5.02 Å². The Kier molecular flexibility index (Phi) is 4.98. The van der Waals surface area contributed by atoms with Gasteiger partial charge in [-0.25, -0.2) is 17.5 Å². The fourth-order valence-electron chi connectivity index (χ4n) is 1.95. The van der Waals surface area contributed by atoms with E-state index in [1.165, 1.54) is 36.4 Å². The standard InChI is InChI=1S/C15H15ClFNO2S/c1-2-15(11-3-7-13(17)8-4-11)18-21(19,20)14-9-5-12(16)6-10-14/h3-10,15,18H,2H2,1H3. The second-order valence-corrected chi connectivity index (χ2v) is 6.74. The van der Waals surface area contributed by atoms with Gasteiger partial charge in [0.15, 0.2) is 0 Å². The van der Waals surface area contributed by atoms with E-state index in [0.717, 1.165) is 5.56 Å². The van der Waals surface area contributed by atoms with Gasteiger partial charge in [-0.15, -0.1) is 0 Å². The quantitative estimate of drug-likeness (QED) is 0.905. The van der Waals surface area contributed by atoms with Crippen LogP contribution < -0.4 is 4.72 Å². The van der Waals surface area contributed by atoms with Crippen molar-refractivity contribution in [1.29, 1.82) is 0 Å². The molecule has 6 heteroatoms. The van der Waals surface area contributed by atoms with E-state index in [1.54, 1.807) is 12.1 Å². The van der Waals surface area contributed by atoms with Gasteiger partial charge in [-0.2, -0.15) is 0 Å². The van der Waals surface area contributed by atoms with Gasteiger partial charge in [0.2, 0.25) is 10.0 Å². The van der Waals surface area contributed by atoms with Gasteiger partial charge < -0.3 is 0 Å². The SMILES string of the molecule is CCC(NS(=O)(=O)c1ccc(Cl)cc1)c1ccc(F)cc1. The molecule has 0 radical (unpaired) electrons. The highest BCUT2D eigenvalue weighted by atomic mass is 35.5. The van der Waals surface area contributed by atoms with Crippen LogP contribution in [0.3, 0.4) is 0 Å². The Labute approximate surface area is 128 Å². The summed E-state index contributed by atoms with van der Waals surface area (Å²) in [6.07, 6.45) is 0.554. The third-order valence-electron chi connectivity index (χ3n) is 3.10. The molecule has 2 rings (SSSR count). The van der Waals surface area contributed by atoms with Gasteiger partial charge in [-0.3, -0.25) is 0 Å². The molecule has 0 bridgehead atoms. The summed E-state index contributed by atoms with van der Waals surface area (Å²) in [5.41, 5.74) is 0.719. The smallest absolute Gasteiger partial charge is 0.207 e. The summed E-state index contributed by atoms with van der Waals surface area (Å²) in [7, 11) is -3.65. The van der Waals surface area contributed by atoms with E-state index in [2.05, 4.69) is 4.72 Å². The molecule has 2 aromatic carbocycles. The Morgan fingerprint density at radius 2 is 1.67 bits per heavy atom. The summed E-state index contributed by atoms with van der Waals surface area (Å²) in [4.78, 5) is 0.146. The molecule has 0 saturated heterocycles. The van der Waals surface area contributed by atoms with Crippen LogP contribution in [0.5, 0.6) is 0 Å². The van der Waals surface area contributed by atoms with Crippen molar-refractivity contribution < 1.29 is 12.8 Å². The molecule has 1 unspecified atom stereocenters. The fourth-order valence-corrected chi connectivity index (χ4v) is 3.39. The lowest BCUT2D eigenvalue weighted by atomic mass is 10.1. The molecule has 3 nitrogen and oxygen atoms in total. The van der Waals surface area contributed by atoms with Crippen molar-refractivity contribution in [2.75, 3.05) is 0 Å². The Bertz CT molecular complexity index is 699. The second kappa shape index (κ2) is 6.56. The molecule has 0 aliphatic heterocycles. The van der Waals surface area contributed by atoms with E-state index in [9.17, 15) is 12.8 Å². The first-order valence-corrected chi connectivity index (χ1v) is 8.32. The molecule has 21 heavy (non-hydrogen) atoms. The van der Waals surface area contributed by atoms with Gasteiger partial charge >= 0.3 is 0 Å². The van der Waals surface area contributed by atoms with Gasteiger partial charge in [0.05, 0.1) is 4.90 Å². The lowest BCUT2D eigenvalue weighted by Crippen LogP contribution is -2.28. The van der Waals surface area contributed by atoms with Crippen LogP contribution in [0.1, 0.15) is 24.9 Å². The Hall–Kier alpha value is -1.43. The maximum Gasteiger partial charge on any atom is 0.241 e.